The molecule has 0 amide bonds. The number of carboxylic acid groups (broad SMARTS) is 1. The Labute approximate surface area is 147 Å². The molecule has 0 saturated carbocycles. The van der Waals surface area contributed by atoms with Gasteiger partial charge in [-0.05, 0) is 31.3 Å². The first-order valence-corrected chi connectivity index (χ1v) is 7.76. The molecule has 132 valence electrons. The monoisotopic (exact) mass is 364 g/mol. The molecule has 0 fully saturated rings. The molecule has 0 aliphatic rings. The van der Waals surface area contributed by atoms with Crippen molar-refractivity contribution in [3.05, 3.63) is 44.6 Å². The van der Waals surface area contributed by atoms with Crippen LogP contribution < -0.4 is 10.3 Å². The van der Waals surface area contributed by atoms with Crippen molar-refractivity contribution >= 4 is 24.4 Å². The molecule has 10 heteroatoms. The van der Waals surface area contributed by atoms with Crippen LogP contribution in [-0.2, 0) is 11.2 Å². The highest BCUT2D eigenvalue weighted by Gasteiger charge is 2.10. The third-order valence-electron chi connectivity index (χ3n) is 3.14. The van der Waals surface area contributed by atoms with Gasteiger partial charge in [-0.3, -0.25) is 14.7 Å². The van der Waals surface area contributed by atoms with E-state index in [2.05, 4.69) is 15.3 Å². The third kappa shape index (κ3) is 4.51. The van der Waals surface area contributed by atoms with Crippen LogP contribution in [0.3, 0.4) is 0 Å². The maximum atomic E-state index is 12.3. The Kier molecular flexibility index (Phi) is 6.01. The van der Waals surface area contributed by atoms with Crippen molar-refractivity contribution in [3.63, 3.8) is 0 Å². The second kappa shape index (κ2) is 8.20. The number of phenols is 1. The van der Waals surface area contributed by atoms with Crippen LogP contribution in [0.1, 0.15) is 24.6 Å². The zero-order valence-corrected chi connectivity index (χ0v) is 14.1. The van der Waals surface area contributed by atoms with Crippen molar-refractivity contribution in [2.45, 2.75) is 19.8 Å². The van der Waals surface area contributed by atoms with Crippen LogP contribution in [0.4, 0.5) is 0 Å². The summed E-state index contributed by atoms with van der Waals surface area (Å²) >= 11 is 4.98. The minimum absolute atomic E-state index is 0.000406. The molecule has 0 spiro atoms. The lowest BCUT2D eigenvalue weighted by atomic mass is 10.2. The number of aromatic amines is 1. The van der Waals surface area contributed by atoms with Crippen molar-refractivity contribution in [1.82, 2.24) is 14.9 Å². The predicted octanol–water partition coefficient (Wildman–Crippen LogP) is 1.30. The Balaban J connectivity index is 2.37. The SMILES string of the molecule is CCOc1cccc(/C=N\n2c(=S)[nH]nc(CCC(=O)O)c2=O)c1O. The summed E-state index contributed by atoms with van der Waals surface area (Å²) < 4.78 is 6.10. The number of nitrogens with zero attached hydrogens (tertiary/aromatic N) is 3. The number of hydrogen-bond donors (Lipinski definition) is 3. The molecule has 0 aliphatic carbocycles. The zero-order valence-electron chi connectivity index (χ0n) is 13.3. The van der Waals surface area contributed by atoms with Gasteiger partial charge in [-0.1, -0.05) is 6.07 Å². The number of carbonyl (C=O) groups is 1. The quantitative estimate of drug-likeness (QED) is 0.499. The maximum Gasteiger partial charge on any atom is 0.303 e. The average Bonchev–Trinajstić information content (AvgIpc) is 2.57. The molecule has 3 N–H and O–H groups in total. The summed E-state index contributed by atoms with van der Waals surface area (Å²) in [6.45, 7) is 2.17. The molecule has 9 nitrogen and oxygen atoms in total. The summed E-state index contributed by atoms with van der Waals surface area (Å²) in [5, 5.41) is 29.0. The van der Waals surface area contributed by atoms with Gasteiger partial charge in [0.2, 0.25) is 4.77 Å². The fourth-order valence-electron chi connectivity index (χ4n) is 1.95. The molecule has 1 aromatic carbocycles. The number of aliphatic carboxylic acids is 1. The van der Waals surface area contributed by atoms with Crippen molar-refractivity contribution in [2.75, 3.05) is 6.61 Å². The van der Waals surface area contributed by atoms with Crippen molar-refractivity contribution in [3.8, 4) is 11.5 Å². The highest BCUT2D eigenvalue weighted by atomic mass is 32.1. The van der Waals surface area contributed by atoms with E-state index >= 15 is 0 Å². The van der Waals surface area contributed by atoms with E-state index in [9.17, 15) is 14.7 Å². The number of hydrogen-bond acceptors (Lipinski definition) is 7. The lowest BCUT2D eigenvalue weighted by Gasteiger charge is -2.07. The lowest BCUT2D eigenvalue weighted by Crippen LogP contribution is -2.25. The van der Waals surface area contributed by atoms with E-state index < -0.39 is 11.5 Å². The van der Waals surface area contributed by atoms with Crippen LogP contribution in [0.15, 0.2) is 28.1 Å². The number of benzene rings is 1. The lowest BCUT2D eigenvalue weighted by molar-refractivity contribution is -0.136. The van der Waals surface area contributed by atoms with Gasteiger partial charge in [0, 0.05) is 12.0 Å². The summed E-state index contributed by atoms with van der Waals surface area (Å²) in [5.74, 6) is -0.867. The molecule has 1 heterocycles. The number of aromatic nitrogens is 3. The van der Waals surface area contributed by atoms with E-state index in [4.69, 9.17) is 22.1 Å². The number of nitrogens with one attached hydrogen (secondary N) is 1. The van der Waals surface area contributed by atoms with E-state index in [1.54, 1.807) is 25.1 Å². The molecular weight excluding hydrogens is 348 g/mol. The van der Waals surface area contributed by atoms with Crippen LogP contribution in [0.25, 0.3) is 0 Å². The molecule has 0 aliphatic heterocycles. The number of H-pyrrole nitrogens is 1. The van der Waals surface area contributed by atoms with Gasteiger partial charge in [0.05, 0.1) is 19.2 Å². The van der Waals surface area contributed by atoms with Crippen LogP contribution in [0.5, 0.6) is 11.5 Å². The Morgan fingerprint density at radius 1 is 1.52 bits per heavy atom. The summed E-state index contributed by atoms with van der Waals surface area (Å²) in [6.07, 6.45) is 0.957. The molecule has 0 unspecified atom stereocenters. The van der Waals surface area contributed by atoms with Gasteiger partial charge in [0.25, 0.3) is 5.56 Å². The largest absolute Gasteiger partial charge is 0.504 e. The van der Waals surface area contributed by atoms with Crippen LogP contribution >= 0.6 is 12.2 Å². The normalized spacial score (nSPS) is 10.9. The van der Waals surface area contributed by atoms with Gasteiger partial charge in [-0.15, -0.1) is 0 Å². The molecule has 0 atom stereocenters. The molecule has 0 radical (unpaired) electrons. The van der Waals surface area contributed by atoms with Crippen LogP contribution in [-0.4, -0.2) is 43.9 Å². The van der Waals surface area contributed by atoms with Gasteiger partial charge in [-0.25, -0.2) is 0 Å². The first-order valence-electron chi connectivity index (χ1n) is 7.35. The average molecular weight is 364 g/mol. The summed E-state index contributed by atoms with van der Waals surface area (Å²) in [4.78, 5) is 22.9. The fraction of sp³-hybridized carbons (Fsp3) is 0.267. The van der Waals surface area contributed by atoms with Crippen molar-refractivity contribution in [1.29, 1.82) is 0 Å². The second-order valence-corrected chi connectivity index (χ2v) is 5.24. The molecular formula is C15H16N4O5S. The third-order valence-corrected chi connectivity index (χ3v) is 3.40. The topological polar surface area (TPSA) is 130 Å². The van der Waals surface area contributed by atoms with Crippen LogP contribution in [0.2, 0.25) is 0 Å². The molecule has 0 bridgehead atoms. The number of aromatic hydroxyl groups is 1. The van der Waals surface area contributed by atoms with E-state index in [-0.39, 0.29) is 29.1 Å². The van der Waals surface area contributed by atoms with Gasteiger partial charge in [0.15, 0.2) is 11.5 Å². The van der Waals surface area contributed by atoms with E-state index in [0.29, 0.717) is 17.9 Å². The minimum Gasteiger partial charge on any atom is -0.504 e. The van der Waals surface area contributed by atoms with Gasteiger partial charge in [0.1, 0.15) is 5.69 Å². The predicted molar refractivity (Wildman–Crippen MR) is 91.9 cm³/mol. The first-order chi connectivity index (χ1) is 11.9. The van der Waals surface area contributed by atoms with E-state index in [1.807, 2.05) is 0 Å². The van der Waals surface area contributed by atoms with Gasteiger partial charge in [-0.2, -0.15) is 14.9 Å². The van der Waals surface area contributed by atoms with E-state index in [0.717, 1.165) is 4.68 Å². The highest BCUT2D eigenvalue weighted by Crippen LogP contribution is 2.28. The van der Waals surface area contributed by atoms with E-state index in [1.165, 1.54) is 6.21 Å². The van der Waals surface area contributed by atoms with Crippen LogP contribution in [0, 0.1) is 4.77 Å². The Morgan fingerprint density at radius 3 is 2.96 bits per heavy atom. The number of ether oxygens (including phenoxy) is 1. The fourth-order valence-corrected chi connectivity index (χ4v) is 2.13. The second-order valence-electron chi connectivity index (χ2n) is 4.86. The molecule has 0 saturated heterocycles. The smallest absolute Gasteiger partial charge is 0.303 e. The number of phenolic OH excluding ortho intramolecular Hbond substituents is 1. The minimum atomic E-state index is -1.05. The Hall–Kier alpha value is -3.01. The molecule has 1 aromatic heterocycles. The Morgan fingerprint density at radius 2 is 2.28 bits per heavy atom. The number of para-hydroxylation sites is 1. The van der Waals surface area contributed by atoms with Gasteiger partial charge >= 0.3 is 5.97 Å². The summed E-state index contributed by atoms with van der Waals surface area (Å²) in [6, 6.07) is 4.86. The maximum absolute atomic E-state index is 12.3. The standard InChI is InChI=1S/C15H16N4O5S/c1-2-24-11-5-3-4-9(13(11)22)8-16-19-14(23)10(6-7-12(20)21)17-18-15(19)25/h3-5,8,22H,2,6-7H2,1H3,(H,18,25)(H,20,21)/b16-8-. The summed E-state index contributed by atoms with van der Waals surface area (Å²) in [5.41, 5.74) is -0.293. The van der Waals surface area contributed by atoms with Gasteiger partial charge < -0.3 is 14.9 Å². The number of carboxylic acids is 1. The Bertz CT molecular complexity index is 919. The number of aryl methyl sites for hydroxylation is 1. The first kappa shape index (κ1) is 18.3. The molecule has 2 rings (SSSR count). The van der Waals surface area contributed by atoms with Crippen molar-refractivity contribution < 1.29 is 19.7 Å². The number of rotatable bonds is 7. The molecule has 25 heavy (non-hydrogen) atoms. The summed E-state index contributed by atoms with van der Waals surface area (Å²) in [7, 11) is 0. The van der Waals surface area contributed by atoms with Crippen molar-refractivity contribution in [2.24, 2.45) is 5.10 Å². The highest BCUT2D eigenvalue weighted by molar-refractivity contribution is 7.71. The zero-order chi connectivity index (χ0) is 18.4. The molecule has 2 aromatic rings.